The van der Waals surface area contributed by atoms with Gasteiger partial charge in [0.15, 0.2) is 5.82 Å². The molecular formula is C10H14N4S. The zero-order chi connectivity index (χ0) is 10.8. The van der Waals surface area contributed by atoms with Crippen molar-refractivity contribution in [2.24, 2.45) is 11.7 Å². The minimum atomic E-state index is 0.291. The molecule has 0 saturated heterocycles. The summed E-state index contributed by atoms with van der Waals surface area (Å²) in [6.45, 7) is 2.19. The summed E-state index contributed by atoms with van der Waals surface area (Å²) in [6.07, 6.45) is 5.64. The van der Waals surface area contributed by atoms with Crippen LogP contribution >= 0.6 is 12.2 Å². The first-order chi connectivity index (χ1) is 7.22. The van der Waals surface area contributed by atoms with Gasteiger partial charge in [-0.05, 0) is 12.3 Å². The zero-order valence-electron chi connectivity index (χ0n) is 8.60. The van der Waals surface area contributed by atoms with Gasteiger partial charge in [0.2, 0.25) is 0 Å². The van der Waals surface area contributed by atoms with Crippen molar-refractivity contribution >= 4 is 23.0 Å². The minimum Gasteiger partial charge on any atom is -0.388 e. The summed E-state index contributed by atoms with van der Waals surface area (Å²) in [4.78, 5) is 8.62. The quantitative estimate of drug-likeness (QED) is 0.752. The van der Waals surface area contributed by atoms with Crippen LogP contribution in [0.2, 0.25) is 0 Å². The molecule has 1 aromatic heterocycles. The Balaban J connectivity index is 2.11. The third-order valence-corrected chi connectivity index (χ3v) is 2.89. The first kappa shape index (κ1) is 10.3. The van der Waals surface area contributed by atoms with E-state index >= 15 is 0 Å². The Hall–Kier alpha value is -1.23. The van der Waals surface area contributed by atoms with Crippen molar-refractivity contribution in [3.05, 3.63) is 18.1 Å². The average Bonchev–Trinajstić information content (AvgIpc) is 2.97. The van der Waals surface area contributed by atoms with Crippen molar-refractivity contribution in [2.45, 2.75) is 25.8 Å². The molecule has 3 N–H and O–H groups in total. The van der Waals surface area contributed by atoms with Gasteiger partial charge in [-0.1, -0.05) is 25.6 Å². The van der Waals surface area contributed by atoms with Crippen molar-refractivity contribution in [3.63, 3.8) is 0 Å². The zero-order valence-corrected chi connectivity index (χ0v) is 9.42. The fourth-order valence-electron chi connectivity index (χ4n) is 1.68. The summed E-state index contributed by atoms with van der Waals surface area (Å²) in [5.74, 6) is 1.47. The lowest BCUT2D eigenvalue weighted by Crippen LogP contribution is -2.17. The van der Waals surface area contributed by atoms with E-state index in [-0.39, 0.29) is 0 Å². The predicted molar refractivity (Wildman–Crippen MR) is 63.7 cm³/mol. The van der Waals surface area contributed by atoms with Crippen LogP contribution in [0.4, 0.5) is 5.82 Å². The third kappa shape index (κ3) is 2.23. The van der Waals surface area contributed by atoms with Gasteiger partial charge in [-0.2, -0.15) is 0 Å². The molecule has 4 nitrogen and oxygen atoms in total. The highest BCUT2D eigenvalue weighted by atomic mass is 32.1. The Morgan fingerprint density at radius 3 is 2.93 bits per heavy atom. The normalized spacial score (nSPS) is 23.5. The van der Waals surface area contributed by atoms with Crippen LogP contribution in [-0.4, -0.2) is 21.0 Å². The van der Waals surface area contributed by atoms with E-state index in [4.69, 9.17) is 18.0 Å². The maximum Gasteiger partial charge on any atom is 0.155 e. The molecule has 0 bridgehead atoms. The number of thiocarbonyl (C=S) groups is 1. The van der Waals surface area contributed by atoms with Crippen LogP contribution in [0.1, 0.15) is 25.5 Å². The highest BCUT2D eigenvalue weighted by Crippen LogP contribution is 2.35. The van der Waals surface area contributed by atoms with Gasteiger partial charge in [-0.25, -0.2) is 9.97 Å². The molecule has 1 aliphatic carbocycles. The molecule has 1 aliphatic rings. The summed E-state index contributed by atoms with van der Waals surface area (Å²) in [7, 11) is 0. The van der Waals surface area contributed by atoms with E-state index in [1.807, 2.05) is 0 Å². The lowest BCUT2D eigenvalue weighted by Gasteiger charge is -2.07. The van der Waals surface area contributed by atoms with Gasteiger partial charge in [-0.3, -0.25) is 0 Å². The van der Waals surface area contributed by atoms with Crippen LogP contribution in [0.15, 0.2) is 12.4 Å². The maximum atomic E-state index is 5.57. The highest BCUT2D eigenvalue weighted by Gasteiger charge is 2.35. The summed E-state index contributed by atoms with van der Waals surface area (Å²) >= 11 is 4.92. The molecule has 1 saturated carbocycles. The number of aromatic nitrogens is 2. The van der Waals surface area contributed by atoms with Gasteiger partial charge in [0, 0.05) is 18.4 Å². The van der Waals surface area contributed by atoms with Crippen LogP contribution in [0.25, 0.3) is 0 Å². The van der Waals surface area contributed by atoms with E-state index in [1.165, 1.54) is 12.8 Å². The summed E-state index contributed by atoms with van der Waals surface area (Å²) in [6, 6.07) is 0.514. The number of nitrogens with zero attached hydrogens (tertiary/aromatic N) is 2. The molecule has 15 heavy (non-hydrogen) atoms. The van der Waals surface area contributed by atoms with E-state index in [0.717, 1.165) is 5.92 Å². The number of nitrogens with two attached hydrogens (primary N) is 1. The fourth-order valence-corrected chi connectivity index (χ4v) is 1.82. The average molecular weight is 222 g/mol. The first-order valence-corrected chi connectivity index (χ1v) is 5.50. The number of hydrogen-bond donors (Lipinski definition) is 2. The molecule has 2 atom stereocenters. The van der Waals surface area contributed by atoms with E-state index in [0.29, 0.717) is 22.5 Å². The molecule has 0 aromatic carbocycles. The van der Waals surface area contributed by atoms with Gasteiger partial charge < -0.3 is 11.1 Å². The molecule has 0 aliphatic heterocycles. The highest BCUT2D eigenvalue weighted by molar-refractivity contribution is 7.80. The van der Waals surface area contributed by atoms with Crippen molar-refractivity contribution < 1.29 is 0 Å². The predicted octanol–water partition coefficient (Wildman–Crippen LogP) is 1.32. The molecule has 1 heterocycles. The van der Waals surface area contributed by atoms with Gasteiger partial charge >= 0.3 is 0 Å². The first-order valence-electron chi connectivity index (χ1n) is 5.09. The Kier molecular flexibility index (Phi) is 2.81. The van der Waals surface area contributed by atoms with Crippen molar-refractivity contribution in [1.82, 2.24) is 9.97 Å². The van der Waals surface area contributed by atoms with Gasteiger partial charge in [0.05, 0.1) is 0 Å². The maximum absolute atomic E-state index is 5.57. The number of anilines is 1. The molecule has 5 heteroatoms. The number of hydrogen-bond acceptors (Lipinski definition) is 4. The molecule has 0 spiro atoms. The topological polar surface area (TPSA) is 63.8 Å². The van der Waals surface area contributed by atoms with E-state index in [2.05, 4.69) is 22.2 Å². The second kappa shape index (κ2) is 4.10. The molecule has 80 valence electrons. The Morgan fingerprint density at radius 1 is 1.60 bits per heavy atom. The summed E-state index contributed by atoms with van der Waals surface area (Å²) < 4.78 is 0. The largest absolute Gasteiger partial charge is 0.388 e. The monoisotopic (exact) mass is 222 g/mol. The SMILES string of the molecule is CCC1CC1Nc1nccnc1C(N)=S. The Bertz CT molecular complexity index is 379. The molecule has 0 amide bonds. The smallest absolute Gasteiger partial charge is 0.155 e. The third-order valence-electron chi connectivity index (χ3n) is 2.70. The van der Waals surface area contributed by atoms with Crippen molar-refractivity contribution in [1.29, 1.82) is 0 Å². The Labute approximate surface area is 94.3 Å². The van der Waals surface area contributed by atoms with Crippen molar-refractivity contribution in [2.75, 3.05) is 5.32 Å². The summed E-state index contributed by atoms with van der Waals surface area (Å²) in [5.41, 5.74) is 6.16. The van der Waals surface area contributed by atoms with Crippen LogP contribution in [0.5, 0.6) is 0 Å². The lowest BCUT2D eigenvalue weighted by molar-refractivity contribution is 0.773. The summed E-state index contributed by atoms with van der Waals surface area (Å²) in [5, 5.41) is 3.33. The molecule has 0 radical (unpaired) electrons. The minimum absolute atomic E-state index is 0.291. The van der Waals surface area contributed by atoms with Crippen LogP contribution < -0.4 is 11.1 Å². The van der Waals surface area contributed by atoms with Crippen LogP contribution in [-0.2, 0) is 0 Å². The molecule has 1 aromatic rings. The second-order valence-electron chi connectivity index (χ2n) is 3.77. The van der Waals surface area contributed by atoms with Crippen LogP contribution in [0.3, 0.4) is 0 Å². The lowest BCUT2D eigenvalue weighted by atomic mass is 10.3. The molecule has 1 fully saturated rings. The van der Waals surface area contributed by atoms with E-state index in [9.17, 15) is 0 Å². The number of rotatable bonds is 4. The van der Waals surface area contributed by atoms with Gasteiger partial charge in [-0.15, -0.1) is 0 Å². The molecule has 2 rings (SSSR count). The van der Waals surface area contributed by atoms with Gasteiger partial charge in [0.1, 0.15) is 10.7 Å². The standard InChI is InChI=1S/C10H14N4S/c1-2-6-5-7(6)14-10-8(9(11)15)12-3-4-13-10/h3-4,6-7H,2,5H2,1H3,(H2,11,15)(H,13,14). The number of nitrogens with one attached hydrogen (secondary N) is 1. The van der Waals surface area contributed by atoms with E-state index < -0.39 is 0 Å². The molecular weight excluding hydrogens is 208 g/mol. The van der Waals surface area contributed by atoms with Crippen LogP contribution in [0, 0.1) is 5.92 Å². The fraction of sp³-hybridized carbons (Fsp3) is 0.500. The van der Waals surface area contributed by atoms with Gasteiger partial charge in [0.25, 0.3) is 0 Å². The van der Waals surface area contributed by atoms with E-state index in [1.54, 1.807) is 12.4 Å². The molecule has 2 unspecified atom stereocenters. The Morgan fingerprint density at radius 2 is 2.33 bits per heavy atom. The second-order valence-corrected chi connectivity index (χ2v) is 4.21. The van der Waals surface area contributed by atoms with Crippen molar-refractivity contribution in [3.8, 4) is 0 Å².